The fraction of sp³-hybridized carbons (Fsp3) is 0.250. The Morgan fingerprint density at radius 3 is 2.53 bits per heavy atom. The number of rotatable bonds is 4. The monoisotopic (exact) mass is 466 g/mol. The van der Waals surface area contributed by atoms with Gasteiger partial charge in [-0.15, -0.1) is 0 Å². The zero-order valence-electron chi connectivity index (χ0n) is 18.2. The van der Waals surface area contributed by atoms with E-state index in [9.17, 15) is 18.3 Å². The molecule has 5 rings (SSSR count). The van der Waals surface area contributed by atoms with Crippen LogP contribution in [0.1, 0.15) is 52.9 Å². The van der Waals surface area contributed by atoms with Crippen molar-refractivity contribution >= 4 is 12.2 Å². The second-order valence-corrected chi connectivity index (χ2v) is 8.20. The molecule has 0 saturated heterocycles. The van der Waals surface area contributed by atoms with Gasteiger partial charge in [0, 0.05) is 18.7 Å². The van der Waals surface area contributed by atoms with Crippen LogP contribution in [0.4, 0.5) is 13.2 Å². The number of pyridine rings is 1. The molecule has 7 nitrogen and oxygen atoms in total. The van der Waals surface area contributed by atoms with Crippen molar-refractivity contribution in [2.24, 2.45) is 0 Å². The van der Waals surface area contributed by atoms with Crippen LogP contribution in [0.2, 0.25) is 0 Å². The Morgan fingerprint density at radius 1 is 1.06 bits per heavy atom. The van der Waals surface area contributed by atoms with E-state index >= 15 is 0 Å². The van der Waals surface area contributed by atoms with Crippen molar-refractivity contribution in [1.82, 2.24) is 29.3 Å². The second-order valence-electron chi connectivity index (χ2n) is 8.20. The number of aromatic hydroxyl groups is 1. The Kier molecular flexibility index (Phi) is 5.43. The zero-order chi connectivity index (χ0) is 23.9. The molecule has 0 fully saturated rings. The van der Waals surface area contributed by atoms with Crippen LogP contribution in [0, 0.1) is 6.92 Å². The number of fused-ring (bicyclic) bond motifs is 1. The SMILES string of the molecule is Cc1cn(-c2ccc(/C=C/c3nc4n(n3)CCC[C@@H]4c3ccc(C(F)(F)F)cc3)nc2O)cn1. The van der Waals surface area contributed by atoms with Crippen molar-refractivity contribution in [3.63, 3.8) is 0 Å². The number of alkyl halides is 3. The lowest BCUT2D eigenvalue weighted by Crippen LogP contribution is -2.18. The van der Waals surface area contributed by atoms with Gasteiger partial charge in [-0.3, -0.25) is 0 Å². The van der Waals surface area contributed by atoms with Gasteiger partial charge in [-0.1, -0.05) is 12.1 Å². The first-order valence-electron chi connectivity index (χ1n) is 10.8. The van der Waals surface area contributed by atoms with Gasteiger partial charge in [0.05, 0.1) is 23.3 Å². The van der Waals surface area contributed by atoms with Gasteiger partial charge in [-0.05, 0) is 61.7 Å². The average molecular weight is 466 g/mol. The smallest absolute Gasteiger partial charge is 0.416 e. The summed E-state index contributed by atoms with van der Waals surface area (Å²) in [6, 6.07) is 8.76. The highest BCUT2D eigenvalue weighted by Gasteiger charge is 2.31. The molecular formula is C24H21F3N6O. The Bertz CT molecular complexity index is 1350. The first-order chi connectivity index (χ1) is 16.3. The molecular weight excluding hydrogens is 445 g/mol. The van der Waals surface area contributed by atoms with E-state index in [0.717, 1.165) is 42.1 Å². The highest BCUT2D eigenvalue weighted by atomic mass is 19.4. The largest absolute Gasteiger partial charge is 0.492 e. The third-order valence-corrected chi connectivity index (χ3v) is 5.80. The van der Waals surface area contributed by atoms with Crippen molar-refractivity contribution < 1.29 is 18.3 Å². The van der Waals surface area contributed by atoms with Gasteiger partial charge in [0.2, 0.25) is 5.88 Å². The summed E-state index contributed by atoms with van der Waals surface area (Å²) in [6.07, 6.45) is 4.09. The third-order valence-electron chi connectivity index (χ3n) is 5.80. The molecule has 0 unspecified atom stereocenters. The van der Waals surface area contributed by atoms with Crippen LogP contribution in [0.5, 0.6) is 5.88 Å². The summed E-state index contributed by atoms with van der Waals surface area (Å²) in [6.45, 7) is 2.56. The highest BCUT2D eigenvalue weighted by molar-refractivity contribution is 5.65. The summed E-state index contributed by atoms with van der Waals surface area (Å²) in [7, 11) is 0. The summed E-state index contributed by atoms with van der Waals surface area (Å²) < 4.78 is 42.2. The standard InChI is InChI=1S/C24H21F3N6O/c1-15-13-32(14-28-15)20-10-8-18(29-23(20)34)9-11-21-30-22-19(3-2-12-33(22)31-21)16-4-6-17(7-5-16)24(25,26)27/h4-11,13-14,19H,2-3,12H2,1H3,(H,29,34)/b11-9+/t19-/m1/s1. The molecule has 1 aliphatic heterocycles. The maximum absolute atomic E-state index is 12.9. The van der Waals surface area contributed by atoms with Gasteiger partial charge in [0.25, 0.3) is 0 Å². The van der Waals surface area contributed by atoms with Crippen LogP contribution in [-0.4, -0.2) is 34.4 Å². The molecule has 4 aromatic rings. The minimum absolute atomic E-state index is 0.120. The van der Waals surface area contributed by atoms with E-state index in [1.54, 1.807) is 46.1 Å². The van der Waals surface area contributed by atoms with E-state index in [4.69, 9.17) is 0 Å². The van der Waals surface area contributed by atoms with Crippen molar-refractivity contribution in [2.75, 3.05) is 0 Å². The van der Waals surface area contributed by atoms with E-state index in [1.807, 2.05) is 6.92 Å². The summed E-state index contributed by atoms with van der Waals surface area (Å²) in [5.41, 5.74) is 2.00. The number of nitrogens with zero attached hydrogens (tertiary/aromatic N) is 6. The number of imidazole rings is 1. The number of hydrogen-bond donors (Lipinski definition) is 1. The summed E-state index contributed by atoms with van der Waals surface area (Å²) >= 11 is 0. The molecule has 3 aromatic heterocycles. The molecule has 0 radical (unpaired) electrons. The lowest BCUT2D eigenvalue weighted by Gasteiger charge is -2.22. The minimum atomic E-state index is -4.36. The van der Waals surface area contributed by atoms with E-state index in [2.05, 4.69) is 20.1 Å². The lowest BCUT2D eigenvalue weighted by atomic mass is 9.90. The van der Waals surface area contributed by atoms with Crippen molar-refractivity contribution in [3.8, 4) is 11.6 Å². The van der Waals surface area contributed by atoms with Crippen molar-refractivity contribution in [2.45, 2.75) is 38.4 Å². The molecule has 34 heavy (non-hydrogen) atoms. The average Bonchev–Trinajstić information content (AvgIpc) is 3.43. The number of hydrogen-bond acceptors (Lipinski definition) is 5. The van der Waals surface area contributed by atoms with E-state index in [0.29, 0.717) is 23.8 Å². The van der Waals surface area contributed by atoms with Crippen LogP contribution in [0.15, 0.2) is 48.9 Å². The predicted octanol–water partition coefficient (Wildman–Crippen LogP) is 4.99. The minimum Gasteiger partial charge on any atom is -0.492 e. The Labute approximate surface area is 193 Å². The van der Waals surface area contributed by atoms with Gasteiger partial charge < -0.3 is 9.67 Å². The van der Waals surface area contributed by atoms with Gasteiger partial charge in [-0.25, -0.2) is 19.6 Å². The fourth-order valence-electron chi connectivity index (χ4n) is 4.12. The quantitative estimate of drug-likeness (QED) is 0.458. The van der Waals surface area contributed by atoms with Crippen LogP contribution < -0.4 is 0 Å². The molecule has 174 valence electrons. The van der Waals surface area contributed by atoms with E-state index < -0.39 is 11.7 Å². The maximum atomic E-state index is 12.9. The highest BCUT2D eigenvalue weighted by Crippen LogP contribution is 2.35. The predicted molar refractivity (Wildman–Crippen MR) is 119 cm³/mol. The molecule has 1 aliphatic rings. The normalized spacial score (nSPS) is 16.2. The molecule has 1 aromatic carbocycles. The lowest BCUT2D eigenvalue weighted by molar-refractivity contribution is -0.137. The van der Waals surface area contributed by atoms with Crippen LogP contribution in [-0.2, 0) is 12.7 Å². The molecule has 1 atom stereocenters. The Morgan fingerprint density at radius 2 is 1.85 bits per heavy atom. The molecule has 0 spiro atoms. The van der Waals surface area contributed by atoms with E-state index in [1.165, 1.54) is 12.1 Å². The molecule has 4 heterocycles. The Balaban J connectivity index is 1.37. The number of halogens is 3. The topological polar surface area (TPSA) is 81.7 Å². The molecule has 0 saturated carbocycles. The van der Waals surface area contributed by atoms with Gasteiger partial charge in [0.1, 0.15) is 11.5 Å². The maximum Gasteiger partial charge on any atom is 0.416 e. The van der Waals surface area contributed by atoms with Gasteiger partial charge >= 0.3 is 6.18 Å². The first-order valence-corrected chi connectivity index (χ1v) is 10.8. The molecule has 10 heteroatoms. The number of benzene rings is 1. The van der Waals surface area contributed by atoms with Gasteiger partial charge in [-0.2, -0.15) is 18.3 Å². The van der Waals surface area contributed by atoms with Crippen molar-refractivity contribution in [3.05, 3.63) is 83.1 Å². The van der Waals surface area contributed by atoms with Gasteiger partial charge in [0.15, 0.2) is 5.82 Å². The number of aromatic nitrogens is 6. The fourth-order valence-corrected chi connectivity index (χ4v) is 4.12. The molecule has 0 amide bonds. The molecule has 0 bridgehead atoms. The summed E-state index contributed by atoms with van der Waals surface area (Å²) in [4.78, 5) is 13.0. The first kappa shape index (κ1) is 21.9. The zero-order valence-corrected chi connectivity index (χ0v) is 18.2. The van der Waals surface area contributed by atoms with Crippen LogP contribution in [0.25, 0.3) is 17.8 Å². The Hall–Kier alpha value is -3.95. The number of aryl methyl sites for hydroxylation is 2. The van der Waals surface area contributed by atoms with E-state index in [-0.39, 0.29) is 11.8 Å². The van der Waals surface area contributed by atoms with Crippen molar-refractivity contribution in [1.29, 1.82) is 0 Å². The van der Waals surface area contributed by atoms with Crippen LogP contribution in [0.3, 0.4) is 0 Å². The second kappa shape index (κ2) is 8.44. The van der Waals surface area contributed by atoms with Crippen LogP contribution >= 0.6 is 0 Å². The summed E-state index contributed by atoms with van der Waals surface area (Å²) in [5.74, 6) is 0.960. The molecule has 0 aliphatic carbocycles. The third kappa shape index (κ3) is 4.30. The summed E-state index contributed by atoms with van der Waals surface area (Å²) in [5, 5.41) is 14.8. The molecule has 1 N–H and O–H groups in total.